The van der Waals surface area contributed by atoms with Gasteiger partial charge in [-0.25, -0.2) is 9.78 Å². The molecule has 1 N–H and O–H groups in total. The highest BCUT2D eigenvalue weighted by Gasteiger charge is 2.08. The van der Waals surface area contributed by atoms with Crippen molar-refractivity contribution in [2.24, 2.45) is 0 Å². The average Bonchev–Trinajstić information content (AvgIpc) is 3.33. The van der Waals surface area contributed by atoms with Crippen molar-refractivity contribution < 1.29 is 19.0 Å². The molecule has 7 nitrogen and oxygen atoms in total. The van der Waals surface area contributed by atoms with Crippen LogP contribution in [0, 0.1) is 0 Å². The fraction of sp³-hybridized carbons (Fsp3) is 0.115. The third-order valence-electron chi connectivity index (χ3n) is 4.63. The maximum Gasteiger partial charge on any atom is 0.336 e. The number of pyridine rings is 1. The van der Waals surface area contributed by atoms with E-state index in [2.05, 4.69) is 15.3 Å². The molecule has 0 spiro atoms. The van der Waals surface area contributed by atoms with Crippen LogP contribution in [0.5, 0.6) is 17.2 Å². The number of carbonyl (C=O) groups excluding carboxylic acids is 1. The van der Waals surface area contributed by atoms with E-state index in [9.17, 15) is 4.79 Å². The summed E-state index contributed by atoms with van der Waals surface area (Å²) in [7, 11) is 1.58. The molecule has 0 unspecified atom stereocenters. The minimum Gasteiger partial charge on any atom is -0.493 e. The normalized spacial score (nSPS) is 10.8. The molecule has 0 aliphatic heterocycles. The Hall–Kier alpha value is -4.17. The number of hydrogen-bond donors (Lipinski definition) is 1. The molecule has 4 aromatic rings. The Labute approximate surface area is 201 Å². The second-order valence-corrected chi connectivity index (χ2v) is 7.86. The minimum absolute atomic E-state index is 0.422. The number of esters is 1. The van der Waals surface area contributed by atoms with Gasteiger partial charge in [0.1, 0.15) is 11.4 Å². The molecule has 0 bridgehead atoms. The van der Waals surface area contributed by atoms with E-state index in [0.29, 0.717) is 29.0 Å². The number of hydrogen-bond acceptors (Lipinski definition) is 8. The van der Waals surface area contributed by atoms with Gasteiger partial charge in [-0.3, -0.25) is 4.98 Å². The number of nitrogens with one attached hydrogen (secondary N) is 1. The van der Waals surface area contributed by atoms with E-state index in [1.165, 1.54) is 17.4 Å². The molecule has 0 saturated carbocycles. The largest absolute Gasteiger partial charge is 0.493 e. The lowest BCUT2D eigenvalue weighted by atomic mass is 10.2. The third-order valence-corrected chi connectivity index (χ3v) is 5.39. The van der Waals surface area contributed by atoms with Gasteiger partial charge in [0.25, 0.3) is 0 Å². The molecular formula is C26H23N3O4S. The summed E-state index contributed by atoms with van der Waals surface area (Å²) >= 11 is 1.47. The fourth-order valence-corrected chi connectivity index (χ4v) is 3.83. The van der Waals surface area contributed by atoms with Crippen LogP contribution >= 0.6 is 11.3 Å². The average molecular weight is 474 g/mol. The van der Waals surface area contributed by atoms with Crippen molar-refractivity contribution in [3.63, 3.8) is 0 Å². The maximum atomic E-state index is 12.3. The van der Waals surface area contributed by atoms with Crippen LogP contribution in [0.15, 0.2) is 78.3 Å². The summed E-state index contributed by atoms with van der Waals surface area (Å²) in [5, 5.41) is 5.89. The molecule has 2 aromatic heterocycles. The molecule has 4 rings (SSSR count). The molecule has 0 saturated heterocycles. The first-order valence-electron chi connectivity index (χ1n) is 10.6. The van der Waals surface area contributed by atoms with Crippen LogP contribution in [0.4, 0.5) is 10.8 Å². The number of ether oxygens (including phenoxy) is 3. The molecule has 2 aromatic carbocycles. The molecule has 0 radical (unpaired) electrons. The molecule has 0 amide bonds. The first-order valence-corrected chi connectivity index (χ1v) is 11.5. The maximum absolute atomic E-state index is 12.3. The number of carbonyl (C=O) groups is 1. The Morgan fingerprint density at radius 3 is 2.76 bits per heavy atom. The molecule has 0 atom stereocenters. The molecule has 0 aliphatic rings. The van der Waals surface area contributed by atoms with E-state index in [4.69, 9.17) is 14.2 Å². The van der Waals surface area contributed by atoms with Gasteiger partial charge in [-0.2, -0.15) is 0 Å². The van der Waals surface area contributed by atoms with E-state index < -0.39 is 5.97 Å². The van der Waals surface area contributed by atoms with Gasteiger partial charge in [0.15, 0.2) is 16.6 Å². The zero-order valence-electron chi connectivity index (χ0n) is 18.7. The summed E-state index contributed by atoms with van der Waals surface area (Å²) in [6.07, 6.45) is 4.77. The van der Waals surface area contributed by atoms with Gasteiger partial charge in [-0.1, -0.05) is 18.2 Å². The highest BCUT2D eigenvalue weighted by atomic mass is 32.1. The highest BCUT2D eigenvalue weighted by molar-refractivity contribution is 7.14. The van der Waals surface area contributed by atoms with Gasteiger partial charge in [0.2, 0.25) is 0 Å². The zero-order chi connectivity index (χ0) is 23.8. The van der Waals surface area contributed by atoms with Gasteiger partial charge < -0.3 is 19.5 Å². The van der Waals surface area contributed by atoms with Crippen molar-refractivity contribution in [3.05, 3.63) is 83.9 Å². The van der Waals surface area contributed by atoms with Gasteiger partial charge in [0, 0.05) is 29.4 Å². The number of nitrogens with zero attached hydrogens (tertiary/aromatic N) is 2. The second kappa shape index (κ2) is 11.1. The van der Waals surface area contributed by atoms with Gasteiger partial charge in [0.05, 0.1) is 19.4 Å². The van der Waals surface area contributed by atoms with E-state index in [0.717, 1.165) is 22.6 Å². The van der Waals surface area contributed by atoms with E-state index in [-0.39, 0.29) is 0 Å². The summed E-state index contributed by atoms with van der Waals surface area (Å²) in [6.45, 7) is 2.45. The quantitative estimate of drug-likeness (QED) is 0.182. The Balaban J connectivity index is 1.39. The number of methoxy groups -OCH3 is 1. The van der Waals surface area contributed by atoms with Crippen LogP contribution < -0.4 is 19.5 Å². The first-order chi connectivity index (χ1) is 16.6. The smallest absolute Gasteiger partial charge is 0.336 e. The van der Waals surface area contributed by atoms with Crippen molar-refractivity contribution in [2.75, 3.05) is 19.0 Å². The summed E-state index contributed by atoms with van der Waals surface area (Å²) in [5.74, 6) is 1.19. The van der Waals surface area contributed by atoms with Crippen LogP contribution in [-0.4, -0.2) is 29.7 Å². The van der Waals surface area contributed by atoms with E-state index in [1.807, 2.05) is 42.6 Å². The van der Waals surface area contributed by atoms with Gasteiger partial charge in [-0.05, 0) is 55.0 Å². The zero-order valence-corrected chi connectivity index (χ0v) is 19.5. The molecular weight excluding hydrogens is 450 g/mol. The van der Waals surface area contributed by atoms with E-state index in [1.54, 1.807) is 49.7 Å². The number of benzene rings is 2. The molecule has 0 fully saturated rings. The summed E-state index contributed by atoms with van der Waals surface area (Å²) in [4.78, 5) is 21.2. The summed E-state index contributed by atoms with van der Waals surface area (Å²) in [5.41, 5.74) is 3.16. The van der Waals surface area contributed by atoms with Crippen LogP contribution in [0.25, 0.3) is 17.5 Å². The van der Waals surface area contributed by atoms with Crippen molar-refractivity contribution in [1.82, 2.24) is 9.97 Å². The van der Waals surface area contributed by atoms with Crippen molar-refractivity contribution >= 4 is 34.2 Å². The number of anilines is 2. The van der Waals surface area contributed by atoms with Crippen molar-refractivity contribution in [1.29, 1.82) is 0 Å². The Kier molecular flexibility index (Phi) is 7.52. The van der Waals surface area contributed by atoms with Crippen LogP contribution in [0.3, 0.4) is 0 Å². The molecule has 172 valence electrons. The lowest BCUT2D eigenvalue weighted by Crippen LogP contribution is -2.04. The van der Waals surface area contributed by atoms with Crippen LogP contribution in [0.2, 0.25) is 0 Å². The predicted octanol–water partition coefficient (Wildman–Crippen LogP) is 5.97. The molecule has 8 heteroatoms. The number of thiazole rings is 1. The summed E-state index contributed by atoms with van der Waals surface area (Å²) < 4.78 is 16.3. The van der Waals surface area contributed by atoms with Crippen LogP contribution in [0.1, 0.15) is 12.5 Å². The summed E-state index contributed by atoms with van der Waals surface area (Å²) in [6, 6.07) is 18.3. The van der Waals surface area contributed by atoms with E-state index >= 15 is 0 Å². The van der Waals surface area contributed by atoms with Crippen molar-refractivity contribution in [2.45, 2.75) is 6.92 Å². The Morgan fingerprint density at radius 1 is 1.06 bits per heavy atom. The molecule has 0 aliphatic carbocycles. The second-order valence-electron chi connectivity index (χ2n) is 7.00. The molecule has 2 heterocycles. The third kappa shape index (κ3) is 5.99. The van der Waals surface area contributed by atoms with Gasteiger partial charge in [-0.15, -0.1) is 11.3 Å². The fourth-order valence-electron chi connectivity index (χ4n) is 3.10. The topological polar surface area (TPSA) is 82.6 Å². The molecule has 34 heavy (non-hydrogen) atoms. The van der Waals surface area contributed by atoms with Crippen LogP contribution in [-0.2, 0) is 4.79 Å². The highest BCUT2D eigenvalue weighted by Crippen LogP contribution is 2.29. The monoisotopic (exact) mass is 473 g/mol. The number of aromatic nitrogens is 2. The SMILES string of the molecule is CCOc1ccc(/C=C/C(=O)Oc2cccc(Nc3nc(-c4ccccn4)cs3)c2)cc1OC. The number of rotatable bonds is 9. The Morgan fingerprint density at radius 2 is 1.97 bits per heavy atom. The first kappa shape index (κ1) is 23.0. The standard InChI is InChI=1S/C26H23N3O4S/c1-3-32-23-12-10-18(15-24(23)31-2)11-13-25(30)33-20-8-6-7-19(16-20)28-26-29-22(17-34-26)21-9-4-5-14-27-21/h4-17H,3H2,1-2H3,(H,28,29)/b13-11+. The van der Waals surface area contributed by atoms with Gasteiger partial charge >= 0.3 is 5.97 Å². The predicted molar refractivity (Wildman–Crippen MR) is 134 cm³/mol. The lowest BCUT2D eigenvalue weighted by Gasteiger charge is -2.09. The lowest BCUT2D eigenvalue weighted by molar-refractivity contribution is -0.128. The minimum atomic E-state index is -0.489. The Bertz CT molecular complexity index is 1290. The van der Waals surface area contributed by atoms with Crippen molar-refractivity contribution in [3.8, 4) is 28.6 Å².